The van der Waals surface area contributed by atoms with Crippen molar-refractivity contribution in [3.63, 3.8) is 0 Å². The van der Waals surface area contributed by atoms with E-state index in [1.54, 1.807) is 21.3 Å². The van der Waals surface area contributed by atoms with Crippen LogP contribution >= 0.6 is 0 Å². The van der Waals surface area contributed by atoms with Gasteiger partial charge in [0.2, 0.25) is 11.9 Å². The molecule has 0 spiro atoms. The Morgan fingerprint density at radius 2 is 1.73 bits per heavy atom. The standard InChI is InChI=1S/C18H19N5O3/c1-24-13-8-10(9-14(25-2)15(13)26-3)16-21-17(19)22-18-20-11-6-4-5-7-12(11)23(16)18/h4-9,16H,1-3H3,(H3,19,20,21,22)/p+1/t16-/m0/s1. The number of hydrogen-bond acceptors (Lipinski definition) is 6. The third-order valence-corrected chi connectivity index (χ3v) is 4.40. The lowest BCUT2D eigenvalue weighted by atomic mass is 10.1. The lowest BCUT2D eigenvalue weighted by molar-refractivity contribution is -0.674. The molecule has 134 valence electrons. The number of fused-ring (bicyclic) bond motifs is 3. The number of hydrogen-bond donors (Lipinski definition) is 3. The number of nitrogens with one attached hydrogen (secondary N) is 2. The zero-order chi connectivity index (χ0) is 18.3. The van der Waals surface area contributed by atoms with E-state index in [1.165, 1.54) is 0 Å². The molecule has 0 radical (unpaired) electrons. The van der Waals surface area contributed by atoms with E-state index >= 15 is 0 Å². The first-order chi connectivity index (χ1) is 12.7. The number of aromatic amines is 1. The van der Waals surface area contributed by atoms with Gasteiger partial charge in [0.25, 0.3) is 5.96 Å². The van der Waals surface area contributed by atoms with E-state index in [2.05, 4.69) is 15.3 Å². The number of para-hydroxylation sites is 2. The van der Waals surface area contributed by atoms with Crippen molar-refractivity contribution in [3.8, 4) is 17.2 Å². The van der Waals surface area contributed by atoms with Gasteiger partial charge in [-0.3, -0.25) is 0 Å². The predicted octanol–water partition coefficient (Wildman–Crippen LogP) is 1.77. The van der Waals surface area contributed by atoms with Crippen molar-refractivity contribution in [1.29, 1.82) is 0 Å². The molecule has 0 amide bonds. The summed E-state index contributed by atoms with van der Waals surface area (Å²) < 4.78 is 18.4. The summed E-state index contributed by atoms with van der Waals surface area (Å²) in [7, 11) is 4.75. The normalized spacial score (nSPS) is 15.8. The van der Waals surface area contributed by atoms with Gasteiger partial charge < -0.3 is 19.9 Å². The molecular formula is C18H20N5O3+. The van der Waals surface area contributed by atoms with Crippen molar-refractivity contribution in [2.75, 3.05) is 26.6 Å². The third kappa shape index (κ3) is 2.38. The topological polar surface area (TPSA) is 97.8 Å². The molecule has 3 aromatic rings. The molecule has 0 saturated heterocycles. The van der Waals surface area contributed by atoms with Crippen LogP contribution in [0.2, 0.25) is 0 Å². The van der Waals surface area contributed by atoms with Crippen LogP contribution in [0.3, 0.4) is 0 Å². The van der Waals surface area contributed by atoms with Gasteiger partial charge in [-0.05, 0) is 24.3 Å². The molecule has 1 aromatic heterocycles. The van der Waals surface area contributed by atoms with Crippen LogP contribution < -0.4 is 29.8 Å². The van der Waals surface area contributed by atoms with E-state index in [1.807, 2.05) is 41.0 Å². The lowest BCUT2D eigenvalue weighted by Gasteiger charge is -2.20. The SMILES string of the molecule is COc1cc([C@H]2N=C(N)Nc3[nH]c4ccccc4[n+]32)cc(OC)c1OC. The molecular weight excluding hydrogens is 334 g/mol. The van der Waals surface area contributed by atoms with Gasteiger partial charge in [0.05, 0.1) is 21.3 Å². The largest absolute Gasteiger partial charge is 0.493 e. The summed E-state index contributed by atoms with van der Waals surface area (Å²) >= 11 is 0. The first kappa shape index (κ1) is 16.1. The third-order valence-electron chi connectivity index (χ3n) is 4.40. The molecule has 26 heavy (non-hydrogen) atoms. The number of nitrogens with zero attached hydrogens (tertiary/aromatic N) is 2. The maximum atomic E-state index is 6.01. The van der Waals surface area contributed by atoms with Crippen LogP contribution in [-0.2, 0) is 0 Å². The van der Waals surface area contributed by atoms with E-state index in [4.69, 9.17) is 19.9 Å². The second kappa shape index (κ2) is 6.14. The van der Waals surface area contributed by atoms with Gasteiger partial charge in [-0.15, -0.1) is 0 Å². The summed E-state index contributed by atoms with van der Waals surface area (Å²) in [5.41, 5.74) is 8.86. The van der Waals surface area contributed by atoms with Crippen LogP contribution in [-0.4, -0.2) is 32.3 Å². The van der Waals surface area contributed by atoms with Gasteiger partial charge >= 0.3 is 5.95 Å². The van der Waals surface area contributed by atoms with Crippen LogP contribution in [0.4, 0.5) is 5.95 Å². The molecule has 1 atom stereocenters. The highest BCUT2D eigenvalue weighted by atomic mass is 16.5. The number of anilines is 1. The molecule has 4 N–H and O–H groups in total. The average Bonchev–Trinajstić information content (AvgIpc) is 3.04. The Morgan fingerprint density at radius 1 is 1.04 bits per heavy atom. The van der Waals surface area contributed by atoms with Crippen LogP contribution in [0.1, 0.15) is 11.7 Å². The minimum absolute atomic E-state index is 0.329. The maximum absolute atomic E-state index is 6.01. The van der Waals surface area contributed by atoms with Crippen LogP contribution in [0.25, 0.3) is 11.0 Å². The number of aromatic nitrogens is 2. The smallest absolute Gasteiger partial charge is 0.365 e. The number of nitrogens with two attached hydrogens (primary N) is 1. The van der Waals surface area contributed by atoms with Gasteiger partial charge in [-0.25, -0.2) is 14.9 Å². The van der Waals surface area contributed by atoms with Crippen molar-refractivity contribution >= 4 is 22.9 Å². The number of ether oxygens (including phenoxy) is 3. The number of H-pyrrole nitrogens is 1. The fraction of sp³-hybridized carbons (Fsp3) is 0.222. The Bertz CT molecular complexity index is 986. The van der Waals surface area contributed by atoms with Crippen LogP contribution in [0.15, 0.2) is 41.4 Å². The Hall–Kier alpha value is -3.42. The molecule has 4 rings (SSSR count). The highest BCUT2D eigenvalue weighted by Gasteiger charge is 2.32. The quantitative estimate of drug-likeness (QED) is 0.620. The lowest BCUT2D eigenvalue weighted by Crippen LogP contribution is -2.48. The Balaban J connectivity index is 1.94. The van der Waals surface area contributed by atoms with Gasteiger partial charge in [0, 0.05) is 5.56 Å². The molecule has 2 heterocycles. The Morgan fingerprint density at radius 3 is 2.38 bits per heavy atom. The predicted molar refractivity (Wildman–Crippen MR) is 98.0 cm³/mol. The molecule has 8 nitrogen and oxygen atoms in total. The van der Waals surface area contributed by atoms with Gasteiger partial charge in [-0.1, -0.05) is 12.1 Å². The molecule has 8 heteroatoms. The number of benzene rings is 2. The molecule has 0 aliphatic carbocycles. The van der Waals surface area contributed by atoms with Crippen LogP contribution in [0.5, 0.6) is 17.2 Å². The van der Waals surface area contributed by atoms with Crippen molar-refractivity contribution in [2.45, 2.75) is 6.17 Å². The fourth-order valence-corrected chi connectivity index (χ4v) is 3.26. The molecule has 2 aromatic carbocycles. The zero-order valence-electron chi connectivity index (χ0n) is 14.7. The van der Waals surface area contributed by atoms with Crippen molar-refractivity contribution in [3.05, 3.63) is 42.0 Å². The number of aliphatic imine (C=N–C) groups is 1. The van der Waals surface area contributed by atoms with Crippen molar-refractivity contribution in [2.24, 2.45) is 10.7 Å². The number of rotatable bonds is 4. The van der Waals surface area contributed by atoms with E-state index in [9.17, 15) is 0 Å². The summed E-state index contributed by atoms with van der Waals surface area (Å²) in [5, 5.41) is 3.08. The van der Waals surface area contributed by atoms with E-state index in [-0.39, 0.29) is 6.17 Å². The Kier molecular flexibility index (Phi) is 3.80. The minimum Gasteiger partial charge on any atom is -0.493 e. The number of imidazole rings is 1. The summed E-state index contributed by atoms with van der Waals surface area (Å²) in [4.78, 5) is 7.93. The van der Waals surface area contributed by atoms with E-state index in [0.29, 0.717) is 23.2 Å². The number of methoxy groups -OCH3 is 3. The molecule has 0 saturated carbocycles. The summed E-state index contributed by atoms with van der Waals surface area (Å²) in [5.74, 6) is 2.76. The summed E-state index contributed by atoms with van der Waals surface area (Å²) in [6.07, 6.45) is -0.379. The fourth-order valence-electron chi connectivity index (χ4n) is 3.26. The maximum Gasteiger partial charge on any atom is 0.365 e. The van der Waals surface area contributed by atoms with Crippen LogP contribution in [0, 0.1) is 0 Å². The molecule has 0 bridgehead atoms. The molecule has 0 fully saturated rings. The monoisotopic (exact) mass is 354 g/mol. The second-order valence-corrected chi connectivity index (χ2v) is 5.83. The second-order valence-electron chi connectivity index (χ2n) is 5.83. The Labute approximate surface area is 150 Å². The van der Waals surface area contributed by atoms with Crippen molar-refractivity contribution in [1.82, 2.24) is 4.98 Å². The summed E-state index contributed by atoms with van der Waals surface area (Å²) in [6, 6.07) is 11.8. The van der Waals surface area contributed by atoms with Crippen molar-refractivity contribution < 1.29 is 18.8 Å². The van der Waals surface area contributed by atoms with Gasteiger partial charge in [0.15, 0.2) is 11.5 Å². The van der Waals surface area contributed by atoms with Gasteiger partial charge in [-0.2, -0.15) is 4.99 Å². The highest BCUT2D eigenvalue weighted by molar-refractivity contribution is 5.92. The minimum atomic E-state index is -0.379. The van der Waals surface area contributed by atoms with E-state index in [0.717, 1.165) is 22.5 Å². The molecule has 1 aliphatic heterocycles. The van der Waals surface area contributed by atoms with E-state index < -0.39 is 0 Å². The number of guanidine groups is 1. The zero-order valence-corrected chi connectivity index (χ0v) is 14.7. The first-order valence-corrected chi connectivity index (χ1v) is 8.08. The average molecular weight is 354 g/mol. The summed E-state index contributed by atoms with van der Waals surface area (Å²) in [6.45, 7) is 0. The molecule has 0 unspecified atom stereocenters. The first-order valence-electron chi connectivity index (χ1n) is 8.08. The van der Waals surface area contributed by atoms with Gasteiger partial charge in [0.1, 0.15) is 11.0 Å². The molecule has 1 aliphatic rings. The highest BCUT2D eigenvalue weighted by Crippen LogP contribution is 2.40.